The van der Waals surface area contributed by atoms with Gasteiger partial charge >= 0.3 is 5.97 Å². The molecule has 0 bridgehead atoms. The highest BCUT2D eigenvalue weighted by molar-refractivity contribution is 6.17. The number of hydrogen-bond donors (Lipinski definition) is 0. The second kappa shape index (κ2) is 7.75. The topological polar surface area (TPSA) is 86.5 Å². The third kappa shape index (κ3) is 3.51. The molecule has 0 aliphatic carbocycles. The summed E-state index contributed by atoms with van der Waals surface area (Å²) in [6, 6.07) is 21.2. The van der Waals surface area contributed by atoms with Crippen molar-refractivity contribution in [1.29, 1.82) is 0 Å². The van der Waals surface area contributed by atoms with E-state index in [0.717, 1.165) is 21.5 Å². The van der Waals surface area contributed by atoms with Crippen LogP contribution in [-0.4, -0.2) is 23.3 Å². The number of rotatable bonds is 5. The minimum absolute atomic E-state index is 0.128. The van der Waals surface area contributed by atoms with Crippen LogP contribution in [0.3, 0.4) is 0 Å². The van der Waals surface area contributed by atoms with Crippen LogP contribution < -0.4 is 0 Å². The zero-order valence-electron chi connectivity index (χ0n) is 16.1. The van der Waals surface area contributed by atoms with Gasteiger partial charge in [0.1, 0.15) is 0 Å². The first-order valence-corrected chi connectivity index (χ1v) is 9.31. The highest BCUT2D eigenvalue weighted by atomic mass is 16.6. The number of ether oxygens (including phenoxy) is 1. The average molecular weight is 399 g/mol. The third-order valence-electron chi connectivity index (χ3n) is 5.04. The molecule has 6 heteroatoms. The molecular formula is C24H17NO5. The minimum Gasteiger partial charge on any atom is -0.454 e. The van der Waals surface area contributed by atoms with Crippen LogP contribution in [0.25, 0.3) is 21.5 Å². The van der Waals surface area contributed by atoms with Crippen molar-refractivity contribution in [2.45, 2.75) is 6.92 Å². The molecule has 0 aliphatic heterocycles. The van der Waals surface area contributed by atoms with E-state index in [4.69, 9.17) is 4.74 Å². The van der Waals surface area contributed by atoms with E-state index in [2.05, 4.69) is 0 Å². The molecule has 0 N–H and O–H groups in total. The molecule has 0 heterocycles. The zero-order valence-corrected chi connectivity index (χ0v) is 16.1. The number of Topliss-reactive ketones (excluding diaryl/α,β-unsaturated/α-hetero) is 1. The van der Waals surface area contributed by atoms with Gasteiger partial charge in [0, 0.05) is 17.2 Å². The van der Waals surface area contributed by atoms with Crippen LogP contribution in [0.1, 0.15) is 26.3 Å². The summed E-state index contributed by atoms with van der Waals surface area (Å²) in [5.41, 5.74) is 0.831. The van der Waals surface area contributed by atoms with Gasteiger partial charge in [0.2, 0.25) is 5.78 Å². The number of esters is 1. The maximum absolute atomic E-state index is 13.0. The van der Waals surface area contributed by atoms with Crippen molar-refractivity contribution in [3.8, 4) is 0 Å². The number of nitrogens with zero attached hydrogens (tertiary/aromatic N) is 1. The Bertz CT molecular complexity index is 1270. The lowest BCUT2D eigenvalue weighted by molar-refractivity contribution is -0.385. The summed E-state index contributed by atoms with van der Waals surface area (Å²) in [5.74, 6) is -1.12. The van der Waals surface area contributed by atoms with Crippen molar-refractivity contribution in [2.75, 3.05) is 6.61 Å². The number of carbonyl (C=O) groups is 2. The molecule has 148 valence electrons. The van der Waals surface area contributed by atoms with Gasteiger partial charge in [0.15, 0.2) is 6.61 Å². The molecule has 0 aliphatic rings. The third-order valence-corrected chi connectivity index (χ3v) is 5.04. The Labute approximate surface area is 171 Å². The molecule has 6 nitrogen and oxygen atoms in total. The Balaban J connectivity index is 1.65. The lowest BCUT2D eigenvalue weighted by Gasteiger charge is -2.11. The van der Waals surface area contributed by atoms with Crippen LogP contribution >= 0.6 is 0 Å². The van der Waals surface area contributed by atoms with Crippen molar-refractivity contribution in [3.05, 3.63) is 99.6 Å². The summed E-state index contributed by atoms with van der Waals surface area (Å²) >= 11 is 0. The van der Waals surface area contributed by atoms with Gasteiger partial charge in [-0.25, -0.2) is 4.79 Å². The van der Waals surface area contributed by atoms with Crippen molar-refractivity contribution >= 4 is 39.0 Å². The molecule has 4 aromatic rings. The first-order chi connectivity index (χ1) is 14.5. The van der Waals surface area contributed by atoms with Gasteiger partial charge in [-0.1, -0.05) is 60.7 Å². The normalized spacial score (nSPS) is 10.8. The Kier molecular flexibility index (Phi) is 4.98. The van der Waals surface area contributed by atoms with Crippen LogP contribution in [-0.2, 0) is 4.74 Å². The van der Waals surface area contributed by atoms with Gasteiger partial charge in [0.05, 0.1) is 10.5 Å². The number of hydrogen-bond acceptors (Lipinski definition) is 5. The van der Waals surface area contributed by atoms with Crippen molar-refractivity contribution in [3.63, 3.8) is 0 Å². The van der Waals surface area contributed by atoms with E-state index in [1.54, 1.807) is 6.92 Å². The molecule has 0 atom stereocenters. The highest BCUT2D eigenvalue weighted by Crippen LogP contribution is 2.29. The number of carbonyl (C=O) groups excluding carboxylic acids is 2. The number of ketones is 1. The lowest BCUT2D eigenvalue weighted by atomic mass is 9.97. The second-order valence-electron chi connectivity index (χ2n) is 6.95. The summed E-state index contributed by atoms with van der Waals surface area (Å²) in [7, 11) is 0. The van der Waals surface area contributed by atoms with Gasteiger partial charge in [0.25, 0.3) is 5.69 Å². The Hall–Kier alpha value is -4.06. The number of nitro groups is 1. The maximum Gasteiger partial charge on any atom is 0.339 e. The second-order valence-corrected chi connectivity index (χ2v) is 6.95. The largest absolute Gasteiger partial charge is 0.454 e. The Morgan fingerprint density at radius 1 is 0.900 bits per heavy atom. The molecule has 4 rings (SSSR count). The van der Waals surface area contributed by atoms with Crippen LogP contribution in [0.5, 0.6) is 0 Å². The van der Waals surface area contributed by atoms with E-state index in [0.29, 0.717) is 11.1 Å². The molecule has 0 amide bonds. The molecule has 0 saturated carbocycles. The molecule has 4 aromatic carbocycles. The molecule has 0 fully saturated rings. The maximum atomic E-state index is 13.0. The molecule has 30 heavy (non-hydrogen) atoms. The molecule has 0 spiro atoms. The zero-order chi connectivity index (χ0) is 21.3. The Morgan fingerprint density at radius 3 is 2.10 bits per heavy atom. The molecular weight excluding hydrogens is 382 g/mol. The van der Waals surface area contributed by atoms with Gasteiger partial charge in [-0.3, -0.25) is 14.9 Å². The quantitative estimate of drug-likeness (QED) is 0.150. The fourth-order valence-electron chi connectivity index (χ4n) is 3.50. The first kappa shape index (κ1) is 19.3. The monoisotopic (exact) mass is 399 g/mol. The molecule has 0 aromatic heterocycles. The minimum atomic E-state index is -0.613. The van der Waals surface area contributed by atoms with Crippen LogP contribution in [0.4, 0.5) is 5.69 Å². The highest BCUT2D eigenvalue weighted by Gasteiger charge is 2.19. The van der Waals surface area contributed by atoms with E-state index in [1.807, 2.05) is 54.6 Å². The van der Waals surface area contributed by atoms with E-state index in [1.165, 1.54) is 18.2 Å². The predicted octanol–water partition coefficient (Wildman–Crippen LogP) is 5.25. The molecule has 0 saturated heterocycles. The number of benzene rings is 4. The van der Waals surface area contributed by atoms with Gasteiger partial charge in [-0.05, 0) is 34.5 Å². The van der Waals surface area contributed by atoms with E-state index >= 15 is 0 Å². The van der Waals surface area contributed by atoms with Gasteiger partial charge in [-0.15, -0.1) is 0 Å². The fourth-order valence-corrected chi connectivity index (χ4v) is 3.50. The number of aryl methyl sites for hydroxylation is 1. The lowest BCUT2D eigenvalue weighted by Crippen LogP contribution is -2.15. The number of fused-ring (bicyclic) bond motifs is 2. The van der Waals surface area contributed by atoms with Crippen molar-refractivity contribution in [1.82, 2.24) is 0 Å². The predicted molar refractivity (Wildman–Crippen MR) is 114 cm³/mol. The Morgan fingerprint density at radius 2 is 1.50 bits per heavy atom. The number of nitro benzene ring substituents is 1. The van der Waals surface area contributed by atoms with Gasteiger partial charge in [-0.2, -0.15) is 0 Å². The standard InChI is InChI=1S/C24H17NO5/c1-15-10-11-18(13-21(15)25(28)29)22(26)14-30-24(27)23-19-8-4-2-6-16(19)12-17-7-3-5-9-20(17)23/h2-13H,14H2,1H3. The summed E-state index contributed by atoms with van der Waals surface area (Å²) in [4.78, 5) is 36.0. The summed E-state index contributed by atoms with van der Waals surface area (Å²) < 4.78 is 5.33. The van der Waals surface area contributed by atoms with E-state index < -0.39 is 23.3 Å². The average Bonchev–Trinajstić information content (AvgIpc) is 2.75. The molecule has 0 unspecified atom stereocenters. The van der Waals surface area contributed by atoms with E-state index in [-0.39, 0.29) is 11.3 Å². The first-order valence-electron chi connectivity index (χ1n) is 9.31. The van der Waals surface area contributed by atoms with Crippen LogP contribution in [0, 0.1) is 17.0 Å². The van der Waals surface area contributed by atoms with E-state index in [9.17, 15) is 19.7 Å². The SMILES string of the molecule is Cc1ccc(C(=O)COC(=O)c2c3ccccc3cc3ccccc23)cc1[N+](=O)[O-]. The van der Waals surface area contributed by atoms with Crippen molar-refractivity contribution < 1.29 is 19.2 Å². The van der Waals surface area contributed by atoms with Crippen molar-refractivity contribution in [2.24, 2.45) is 0 Å². The summed E-state index contributed by atoms with van der Waals surface area (Å²) in [6.07, 6.45) is 0. The molecule has 0 radical (unpaired) electrons. The van der Waals surface area contributed by atoms with Crippen LogP contribution in [0.15, 0.2) is 72.8 Å². The summed E-state index contributed by atoms with van der Waals surface area (Å²) in [5, 5.41) is 14.4. The summed E-state index contributed by atoms with van der Waals surface area (Å²) in [6.45, 7) is 1.09. The van der Waals surface area contributed by atoms with Gasteiger partial charge < -0.3 is 4.74 Å². The smallest absolute Gasteiger partial charge is 0.339 e. The fraction of sp³-hybridized carbons (Fsp3) is 0.0833. The van der Waals surface area contributed by atoms with Crippen LogP contribution in [0.2, 0.25) is 0 Å².